The van der Waals surface area contributed by atoms with Crippen LogP contribution in [-0.2, 0) is 6.61 Å². The number of benzene rings is 2. The van der Waals surface area contributed by atoms with Gasteiger partial charge in [0.05, 0.1) is 0 Å². The predicted octanol–water partition coefficient (Wildman–Crippen LogP) is 1.60. The average molecular weight is 286 g/mol. The number of rotatable bonds is 4. The van der Waals surface area contributed by atoms with E-state index in [4.69, 9.17) is 20.1 Å². The highest BCUT2D eigenvalue weighted by molar-refractivity contribution is 5.93. The van der Waals surface area contributed by atoms with Crippen LogP contribution in [-0.4, -0.2) is 12.7 Å². The summed E-state index contributed by atoms with van der Waals surface area (Å²) in [6, 6.07) is 12.5. The lowest BCUT2D eigenvalue weighted by atomic mass is 10.1. The lowest BCUT2D eigenvalue weighted by Crippen LogP contribution is -2.30. The standard InChI is InChI=1S/C15H14N2O4/c16-17-15(18)11-3-1-2-10(6-11)8-19-12-4-5-13-14(7-12)21-9-20-13/h1-7H,8-9,16H2,(H,17,18). The molecule has 3 N–H and O–H groups in total. The first-order valence-electron chi connectivity index (χ1n) is 6.38. The fraction of sp³-hybridized carbons (Fsp3) is 0.133. The molecule has 0 saturated heterocycles. The number of ether oxygens (including phenoxy) is 3. The Bertz CT molecular complexity index is 672. The van der Waals surface area contributed by atoms with Gasteiger partial charge in [0.1, 0.15) is 12.4 Å². The molecule has 1 aliphatic rings. The molecule has 0 fully saturated rings. The van der Waals surface area contributed by atoms with Gasteiger partial charge in [0.2, 0.25) is 6.79 Å². The Morgan fingerprint density at radius 1 is 1.19 bits per heavy atom. The molecule has 3 rings (SSSR count). The third kappa shape index (κ3) is 2.90. The molecule has 0 aromatic heterocycles. The molecule has 0 saturated carbocycles. The Labute approximate surface area is 121 Å². The summed E-state index contributed by atoms with van der Waals surface area (Å²) in [5, 5.41) is 0. The van der Waals surface area contributed by atoms with Gasteiger partial charge in [0.25, 0.3) is 5.91 Å². The molecular weight excluding hydrogens is 272 g/mol. The minimum Gasteiger partial charge on any atom is -0.489 e. The molecule has 2 aromatic rings. The number of nitrogens with two attached hydrogens (primary N) is 1. The predicted molar refractivity (Wildman–Crippen MR) is 75.0 cm³/mol. The van der Waals surface area contributed by atoms with Crippen LogP contribution in [0.4, 0.5) is 0 Å². The second kappa shape index (κ2) is 5.72. The average Bonchev–Trinajstić information content (AvgIpc) is 3.00. The minimum atomic E-state index is -0.333. The van der Waals surface area contributed by atoms with Crippen LogP contribution in [0.2, 0.25) is 0 Å². The van der Waals surface area contributed by atoms with Crippen LogP contribution >= 0.6 is 0 Å². The van der Waals surface area contributed by atoms with E-state index in [2.05, 4.69) is 5.43 Å². The highest BCUT2D eigenvalue weighted by atomic mass is 16.7. The Balaban J connectivity index is 1.69. The van der Waals surface area contributed by atoms with Crippen molar-refractivity contribution in [2.24, 2.45) is 5.84 Å². The molecule has 0 atom stereocenters. The van der Waals surface area contributed by atoms with Crippen LogP contribution in [0.5, 0.6) is 17.2 Å². The van der Waals surface area contributed by atoms with Gasteiger partial charge in [-0.1, -0.05) is 12.1 Å². The Morgan fingerprint density at radius 3 is 2.90 bits per heavy atom. The van der Waals surface area contributed by atoms with Crippen molar-refractivity contribution in [2.75, 3.05) is 6.79 Å². The van der Waals surface area contributed by atoms with Crippen LogP contribution in [0.25, 0.3) is 0 Å². The molecule has 108 valence electrons. The van der Waals surface area contributed by atoms with Crippen molar-refractivity contribution < 1.29 is 19.0 Å². The molecule has 0 spiro atoms. The number of hydrazine groups is 1. The quantitative estimate of drug-likeness (QED) is 0.507. The van der Waals surface area contributed by atoms with Gasteiger partial charge in [-0.05, 0) is 29.8 Å². The van der Waals surface area contributed by atoms with Crippen molar-refractivity contribution in [3.05, 3.63) is 53.6 Å². The van der Waals surface area contributed by atoms with Gasteiger partial charge in [-0.3, -0.25) is 10.2 Å². The van der Waals surface area contributed by atoms with E-state index in [1.165, 1.54) is 0 Å². The number of hydrogen-bond acceptors (Lipinski definition) is 5. The minimum absolute atomic E-state index is 0.231. The van der Waals surface area contributed by atoms with E-state index in [9.17, 15) is 4.79 Å². The fourth-order valence-corrected chi connectivity index (χ4v) is 2.02. The van der Waals surface area contributed by atoms with Gasteiger partial charge in [-0.25, -0.2) is 5.84 Å². The van der Waals surface area contributed by atoms with Gasteiger partial charge < -0.3 is 14.2 Å². The molecule has 1 aliphatic heterocycles. The van der Waals surface area contributed by atoms with Crippen LogP contribution in [0.3, 0.4) is 0 Å². The molecule has 0 radical (unpaired) electrons. The van der Waals surface area contributed by atoms with Gasteiger partial charge in [-0.15, -0.1) is 0 Å². The van der Waals surface area contributed by atoms with E-state index in [0.717, 1.165) is 5.56 Å². The second-order valence-electron chi connectivity index (χ2n) is 4.48. The van der Waals surface area contributed by atoms with E-state index in [0.29, 0.717) is 29.4 Å². The molecule has 6 nitrogen and oxygen atoms in total. The molecule has 0 bridgehead atoms. The van der Waals surface area contributed by atoms with Gasteiger partial charge >= 0.3 is 0 Å². The summed E-state index contributed by atoms with van der Waals surface area (Å²) < 4.78 is 16.2. The highest BCUT2D eigenvalue weighted by Gasteiger charge is 2.13. The van der Waals surface area contributed by atoms with E-state index >= 15 is 0 Å². The number of carbonyl (C=O) groups excluding carboxylic acids is 1. The number of amides is 1. The van der Waals surface area contributed by atoms with Crippen molar-refractivity contribution in [3.8, 4) is 17.2 Å². The van der Waals surface area contributed by atoms with Crippen molar-refractivity contribution in [2.45, 2.75) is 6.61 Å². The fourth-order valence-electron chi connectivity index (χ4n) is 2.02. The Hall–Kier alpha value is -2.73. The van der Waals surface area contributed by atoms with Gasteiger partial charge in [0, 0.05) is 11.6 Å². The van der Waals surface area contributed by atoms with Crippen LogP contribution in [0.1, 0.15) is 15.9 Å². The first kappa shape index (κ1) is 13.3. The smallest absolute Gasteiger partial charge is 0.265 e. The molecule has 21 heavy (non-hydrogen) atoms. The maximum absolute atomic E-state index is 11.5. The summed E-state index contributed by atoms with van der Waals surface area (Å²) in [5.74, 6) is 6.84. The summed E-state index contributed by atoms with van der Waals surface area (Å²) in [6.45, 7) is 0.570. The highest BCUT2D eigenvalue weighted by Crippen LogP contribution is 2.35. The van der Waals surface area contributed by atoms with E-state index in [-0.39, 0.29) is 12.7 Å². The zero-order valence-corrected chi connectivity index (χ0v) is 11.2. The van der Waals surface area contributed by atoms with E-state index < -0.39 is 0 Å². The summed E-state index contributed by atoms with van der Waals surface area (Å²) in [5.41, 5.74) is 3.46. The lowest BCUT2D eigenvalue weighted by Gasteiger charge is -2.08. The Morgan fingerprint density at radius 2 is 2.05 bits per heavy atom. The van der Waals surface area contributed by atoms with Gasteiger partial charge in [0.15, 0.2) is 11.5 Å². The molecule has 6 heteroatoms. The monoisotopic (exact) mass is 286 g/mol. The van der Waals surface area contributed by atoms with Crippen molar-refractivity contribution in [3.63, 3.8) is 0 Å². The number of nitrogen functional groups attached to an aromatic ring is 1. The summed E-state index contributed by atoms with van der Waals surface area (Å²) in [4.78, 5) is 11.5. The van der Waals surface area contributed by atoms with Crippen LogP contribution in [0, 0.1) is 0 Å². The molecule has 2 aromatic carbocycles. The maximum atomic E-state index is 11.5. The number of hydrogen-bond donors (Lipinski definition) is 2. The molecule has 0 unspecified atom stereocenters. The molecule has 1 heterocycles. The molecule has 0 aliphatic carbocycles. The number of fused-ring (bicyclic) bond motifs is 1. The van der Waals surface area contributed by atoms with Gasteiger partial charge in [-0.2, -0.15) is 0 Å². The Kier molecular flexibility index (Phi) is 3.61. The first-order chi connectivity index (χ1) is 10.3. The van der Waals surface area contributed by atoms with Crippen molar-refractivity contribution in [1.29, 1.82) is 0 Å². The van der Waals surface area contributed by atoms with E-state index in [1.54, 1.807) is 30.3 Å². The SMILES string of the molecule is NNC(=O)c1cccc(COc2ccc3c(c2)OCO3)c1. The maximum Gasteiger partial charge on any atom is 0.265 e. The number of nitrogens with one attached hydrogen (secondary N) is 1. The normalized spacial score (nSPS) is 12.0. The van der Waals surface area contributed by atoms with Crippen molar-refractivity contribution in [1.82, 2.24) is 5.43 Å². The number of carbonyl (C=O) groups is 1. The van der Waals surface area contributed by atoms with Crippen molar-refractivity contribution >= 4 is 5.91 Å². The largest absolute Gasteiger partial charge is 0.489 e. The summed E-state index contributed by atoms with van der Waals surface area (Å²) >= 11 is 0. The third-order valence-corrected chi connectivity index (χ3v) is 3.07. The summed E-state index contributed by atoms with van der Waals surface area (Å²) in [6.07, 6.45) is 0. The first-order valence-corrected chi connectivity index (χ1v) is 6.38. The zero-order chi connectivity index (χ0) is 14.7. The zero-order valence-electron chi connectivity index (χ0n) is 11.2. The van der Waals surface area contributed by atoms with Crippen LogP contribution in [0.15, 0.2) is 42.5 Å². The third-order valence-electron chi connectivity index (χ3n) is 3.07. The topological polar surface area (TPSA) is 82.8 Å². The van der Waals surface area contributed by atoms with Crippen LogP contribution < -0.4 is 25.5 Å². The lowest BCUT2D eigenvalue weighted by molar-refractivity contribution is 0.0953. The molecular formula is C15H14N2O4. The second-order valence-corrected chi connectivity index (χ2v) is 4.48. The summed E-state index contributed by atoms with van der Waals surface area (Å²) in [7, 11) is 0. The van der Waals surface area contributed by atoms with E-state index in [1.807, 2.05) is 12.1 Å². The molecule has 1 amide bonds.